The lowest BCUT2D eigenvalue weighted by Gasteiger charge is -2.39. The first kappa shape index (κ1) is 27.9. The van der Waals surface area contributed by atoms with Crippen LogP contribution in [0.15, 0.2) is 48.2 Å². The van der Waals surface area contributed by atoms with E-state index in [-0.39, 0.29) is 25.7 Å². The van der Waals surface area contributed by atoms with Crippen LogP contribution in [0.2, 0.25) is 0 Å². The van der Waals surface area contributed by atoms with E-state index in [0.29, 0.717) is 11.3 Å². The first-order chi connectivity index (χ1) is 17.8. The number of fused-ring (bicyclic) bond motifs is 1. The molecule has 2 heterocycles. The van der Waals surface area contributed by atoms with E-state index in [1.54, 1.807) is 0 Å². The van der Waals surface area contributed by atoms with Crippen LogP contribution in [0.4, 0.5) is 11.4 Å². The summed E-state index contributed by atoms with van der Waals surface area (Å²) in [7, 11) is 0. The molecule has 11 nitrogen and oxygen atoms in total. The van der Waals surface area contributed by atoms with Gasteiger partial charge in [-0.3, -0.25) is 9.63 Å². The third-order valence-electron chi connectivity index (χ3n) is 6.13. The maximum absolute atomic E-state index is 12.9. The van der Waals surface area contributed by atoms with E-state index in [2.05, 4.69) is 38.7 Å². The van der Waals surface area contributed by atoms with E-state index < -0.39 is 37.3 Å². The molecule has 1 fully saturated rings. The van der Waals surface area contributed by atoms with Gasteiger partial charge in [-0.1, -0.05) is 18.2 Å². The number of nitrogens with one attached hydrogen (secondary N) is 3. The highest BCUT2D eigenvalue weighted by Crippen LogP contribution is 2.35. The molecule has 7 N–H and O–H groups in total. The zero-order valence-electron chi connectivity index (χ0n) is 20.1. The minimum atomic E-state index is -1.51. The molecule has 0 spiro atoms. The van der Waals surface area contributed by atoms with E-state index >= 15 is 0 Å². The summed E-state index contributed by atoms with van der Waals surface area (Å²) in [6.07, 6.45) is -6.73. The average Bonchev–Trinajstić information content (AvgIpc) is 3.21. The van der Waals surface area contributed by atoms with Gasteiger partial charge in [0.05, 0.1) is 31.9 Å². The summed E-state index contributed by atoms with van der Waals surface area (Å²) in [6.45, 7) is 1.62. The Hall–Kier alpha value is -2.14. The normalized spacial score (nSPS) is 26.5. The van der Waals surface area contributed by atoms with Crippen LogP contribution >= 0.6 is 22.6 Å². The molecule has 2 aromatic rings. The topological polar surface area (TPSA) is 162 Å². The fourth-order valence-corrected chi connectivity index (χ4v) is 4.61. The third kappa shape index (κ3) is 6.47. The molecule has 0 aliphatic carbocycles. The van der Waals surface area contributed by atoms with E-state index in [9.17, 15) is 25.2 Å². The molecule has 0 aromatic heterocycles. The van der Waals surface area contributed by atoms with Crippen molar-refractivity contribution in [2.24, 2.45) is 0 Å². The van der Waals surface area contributed by atoms with Gasteiger partial charge in [-0.15, -0.1) is 0 Å². The molecule has 1 amide bonds. The number of ether oxygens (including phenoxy) is 2. The van der Waals surface area contributed by atoms with Crippen molar-refractivity contribution < 1.29 is 39.5 Å². The van der Waals surface area contributed by atoms with Crippen molar-refractivity contribution in [2.45, 2.75) is 37.6 Å². The number of carbonyl (C=O) groups is 1. The molecule has 5 unspecified atom stereocenters. The van der Waals surface area contributed by atoms with Gasteiger partial charge < -0.3 is 40.5 Å². The van der Waals surface area contributed by atoms with Gasteiger partial charge in [0, 0.05) is 26.2 Å². The first-order valence-corrected chi connectivity index (χ1v) is 12.8. The second-order valence-electron chi connectivity index (χ2n) is 8.68. The van der Waals surface area contributed by atoms with E-state index in [1.165, 1.54) is 0 Å². The Balaban J connectivity index is 1.39. The van der Waals surface area contributed by atoms with Crippen LogP contribution in [-0.2, 0) is 19.1 Å². The van der Waals surface area contributed by atoms with Gasteiger partial charge in [-0.05, 0) is 59.3 Å². The van der Waals surface area contributed by atoms with Crippen LogP contribution in [0.5, 0.6) is 0 Å². The largest absolute Gasteiger partial charge is 0.394 e. The Labute approximate surface area is 227 Å². The Kier molecular flexibility index (Phi) is 9.50. The van der Waals surface area contributed by atoms with Gasteiger partial charge >= 0.3 is 0 Å². The molecule has 2 aliphatic heterocycles. The number of anilines is 2. The summed E-state index contributed by atoms with van der Waals surface area (Å²) in [5, 5.41) is 45.3. The van der Waals surface area contributed by atoms with Crippen LogP contribution in [0.1, 0.15) is 11.1 Å². The lowest BCUT2D eigenvalue weighted by atomic mass is 9.99. The number of aryl methyl sites for hydroxylation is 1. The second kappa shape index (κ2) is 12.6. The van der Waals surface area contributed by atoms with Crippen LogP contribution in [-0.4, -0.2) is 83.4 Å². The van der Waals surface area contributed by atoms with Crippen LogP contribution in [0.3, 0.4) is 0 Å². The van der Waals surface area contributed by atoms with Gasteiger partial charge in [-0.25, -0.2) is 0 Å². The third-order valence-corrected chi connectivity index (χ3v) is 6.80. The molecular weight excluding hydrogens is 597 g/mol. The van der Waals surface area contributed by atoms with Gasteiger partial charge in [-0.2, -0.15) is 5.48 Å². The quantitative estimate of drug-likeness (QED) is 0.0865. The van der Waals surface area contributed by atoms with Crippen molar-refractivity contribution in [3.05, 3.63) is 62.9 Å². The van der Waals surface area contributed by atoms with E-state index in [1.807, 2.05) is 49.4 Å². The summed E-state index contributed by atoms with van der Waals surface area (Å²) < 4.78 is 11.7. The standard InChI is InChI=1S/C25H30IN3O8/c1-13-4-2-3-5-16(13)28-18(20-15-10-14(26)6-7-17(15)29-24(20)34)11-27-36-9-8-35-25-23(33)22(32)21(31)19(12-30)37-25/h2-7,10,19,21-23,25,27-28,30-33H,8-9,11-12H2,1H3,(H,29,34)/b20-18-. The number of aliphatic hydroxyl groups excluding tert-OH is 4. The lowest BCUT2D eigenvalue weighted by molar-refractivity contribution is -0.303. The number of rotatable bonds is 10. The highest BCUT2D eigenvalue weighted by Gasteiger charge is 2.43. The molecule has 5 atom stereocenters. The highest BCUT2D eigenvalue weighted by atomic mass is 127. The molecular formula is C25H30IN3O8. The number of carbonyl (C=O) groups excluding carboxylic acids is 1. The fraction of sp³-hybridized carbons (Fsp3) is 0.400. The van der Waals surface area contributed by atoms with Gasteiger partial charge in [0.2, 0.25) is 0 Å². The molecule has 37 heavy (non-hydrogen) atoms. The van der Waals surface area contributed by atoms with Crippen LogP contribution < -0.4 is 16.1 Å². The van der Waals surface area contributed by atoms with Gasteiger partial charge in [0.1, 0.15) is 24.4 Å². The number of aliphatic hydroxyl groups is 4. The second-order valence-corrected chi connectivity index (χ2v) is 9.92. The van der Waals surface area contributed by atoms with Crippen molar-refractivity contribution in [3.63, 3.8) is 0 Å². The van der Waals surface area contributed by atoms with Crippen molar-refractivity contribution >= 4 is 45.4 Å². The molecule has 2 aliphatic rings. The van der Waals surface area contributed by atoms with E-state index in [0.717, 1.165) is 26.1 Å². The number of hydroxylamine groups is 1. The minimum absolute atomic E-state index is 0.0195. The molecule has 2 aromatic carbocycles. The molecule has 0 radical (unpaired) electrons. The number of benzene rings is 2. The van der Waals surface area contributed by atoms with Gasteiger partial charge in [0.25, 0.3) is 5.91 Å². The summed E-state index contributed by atoms with van der Waals surface area (Å²) in [5.74, 6) is -0.221. The molecule has 0 saturated carbocycles. The summed E-state index contributed by atoms with van der Waals surface area (Å²) in [4.78, 5) is 18.4. The monoisotopic (exact) mass is 627 g/mol. The smallest absolute Gasteiger partial charge is 0.258 e. The summed E-state index contributed by atoms with van der Waals surface area (Å²) in [6, 6.07) is 13.5. The molecule has 200 valence electrons. The SMILES string of the molecule is Cc1ccccc1N/C(CNOCCOC1OC(CO)C(O)C(O)C1O)=C1\C(=O)Nc2ccc(I)cc21. The predicted molar refractivity (Wildman–Crippen MR) is 143 cm³/mol. The number of hydrogen-bond donors (Lipinski definition) is 7. The maximum atomic E-state index is 12.9. The van der Waals surface area contributed by atoms with Crippen molar-refractivity contribution in [1.82, 2.24) is 5.48 Å². The van der Waals surface area contributed by atoms with Crippen LogP contribution in [0, 0.1) is 10.5 Å². The Morgan fingerprint density at radius 3 is 2.65 bits per heavy atom. The fourth-order valence-electron chi connectivity index (χ4n) is 4.12. The highest BCUT2D eigenvalue weighted by molar-refractivity contribution is 14.1. The molecule has 4 rings (SSSR count). The Bertz CT molecular complexity index is 1140. The number of hydrogen-bond acceptors (Lipinski definition) is 10. The lowest BCUT2D eigenvalue weighted by Crippen LogP contribution is -2.59. The molecule has 12 heteroatoms. The Morgan fingerprint density at radius 2 is 1.89 bits per heavy atom. The summed E-state index contributed by atoms with van der Waals surface area (Å²) in [5.41, 5.74) is 7.34. The number of halogens is 1. The van der Waals surface area contributed by atoms with Crippen molar-refractivity contribution in [1.29, 1.82) is 0 Å². The van der Waals surface area contributed by atoms with Crippen LogP contribution in [0.25, 0.3) is 5.57 Å². The first-order valence-electron chi connectivity index (χ1n) is 11.7. The molecule has 1 saturated heterocycles. The van der Waals surface area contributed by atoms with Gasteiger partial charge in [0.15, 0.2) is 6.29 Å². The zero-order chi connectivity index (χ0) is 26.5. The Morgan fingerprint density at radius 1 is 1.11 bits per heavy atom. The predicted octanol–water partition coefficient (Wildman–Crippen LogP) is 0.713. The van der Waals surface area contributed by atoms with Crippen molar-refractivity contribution in [2.75, 3.05) is 37.0 Å². The zero-order valence-corrected chi connectivity index (χ0v) is 22.2. The van der Waals surface area contributed by atoms with E-state index in [4.69, 9.17) is 14.3 Å². The maximum Gasteiger partial charge on any atom is 0.258 e. The molecule has 0 bridgehead atoms. The average molecular weight is 627 g/mol. The van der Waals surface area contributed by atoms with Crippen molar-refractivity contribution in [3.8, 4) is 0 Å². The minimum Gasteiger partial charge on any atom is -0.394 e. The number of amides is 1. The summed E-state index contributed by atoms with van der Waals surface area (Å²) >= 11 is 2.20. The number of para-hydroxylation sites is 1.